The number of aliphatic hydroxyl groups excluding tert-OH is 2. The number of hydrogen-bond donors (Lipinski definition) is 2. The number of aliphatic hydroxyl groups is 2. The molecule has 0 aliphatic carbocycles. The van der Waals surface area contributed by atoms with Gasteiger partial charge in [0.05, 0.1) is 13.2 Å². The first kappa shape index (κ1) is 11.9. The number of likely N-dealkylation sites (N-methyl/N-ethyl adjacent to an activating group) is 1. The number of rotatable bonds is 4. The first-order valence-electron chi connectivity index (χ1n) is 4.83. The van der Waals surface area contributed by atoms with Crippen molar-refractivity contribution in [2.75, 3.05) is 18.6 Å². The molecule has 0 heterocycles. The molecule has 0 spiro atoms. The highest BCUT2D eigenvalue weighted by Gasteiger charge is 2.14. The minimum Gasteiger partial charge on any atom is -0.394 e. The van der Waals surface area contributed by atoms with Gasteiger partial charge in [0.1, 0.15) is 5.82 Å². The van der Waals surface area contributed by atoms with Crippen molar-refractivity contribution >= 4 is 5.69 Å². The second kappa shape index (κ2) is 5.09. The summed E-state index contributed by atoms with van der Waals surface area (Å²) in [4.78, 5) is 1.74. The van der Waals surface area contributed by atoms with Crippen molar-refractivity contribution in [1.82, 2.24) is 0 Å². The summed E-state index contributed by atoms with van der Waals surface area (Å²) >= 11 is 0. The van der Waals surface area contributed by atoms with Crippen LogP contribution < -0.4 is 4.90 Å². The average Bonchev–Trinajstić information content (AvgIpc) is 2.26. The first-order valence-corrected chi connectivity index (χ1v) is 4.83. The molecular weight excluding hydrogens is 197 g/mol. The van der Waals surface area contributed by atoms with Gasteiger partial charge in [-0.25, -0.2) is 4.39 Å². The highest BCUT2D eigenvalue weighted by molar-refractivity contribution is 5.54. The number of halogens is 1. The highest BCUT2D eigenvalue weighted by Crippen LogP contribution is 2.23. The van der Waals surface area contributed by atoms with Gasteiger partial charge < -0.3 is 15.1 Å². The maximum absolute atomic E-state index is 13.3. The third-order valence-electron chi connectivity index (χ3n) is 2.56. The van der Waals surface area contributed by atoms with Gasteiger partial charge in [-0.1, -0.05) is 6.07 Å². The number of benzene rings is 1. The van der Waals surface area contributed by atoms with Crippen molar-refractivity contribution in [3.8, 4) is 0 Å². The van der Waals surface area contributed by atoms with Gasteiger partial charge in [-0.05, 0) is 19.1 Å². The smallest absolute Gasteiger partial charge is 0.130 e. The van der Waals surface area contributed by atoms with Crippen molar-refractivity contribution in [2.45, 2.75) is 19.6 Å². The van der Waals surface area contributed by atoms with E-state index in [1.165, 1.54) is 6.07 Å². The Balaban J connectivity index is 3.07. The molecule has 2 N–H and O–H groups in total. The molecule has 1 unspecified atom stereocenters. The Morgan fingerprint density at radius 3 is 2.60 bits per heavy atom. The van der Waals surface area contributed by atoms with E-state index in [2.05, 4.69) is 0 Å². The molecule has 0 aliphatic rings. The molecule has 0 aliphatic heterocycles. The Labute approximate surface area is 88.8 Å². The molecule has 0 bridgehead atoms. The van der Waals surface area contributed by atoms with Crippen molar-refractivity contribution < 1.29 is 14.6 Å². The Kier molecular flexibility index (Phi) is 4.05. The SMILES string of the molecule is CC(CO)N(C)c1cccc(F)c1CO. The third kappa shape index (κ3) is 2.46. The van der Waals surface area contributed by atoms with Crippen LogP contribution in [0.1, 0.15) is 12.5 Å². The minimum absolute atomic E-state index is 0.0160. The Hall–Kier alpha value is -1.13. The second-order valence-electron chi connectivity index (χ2n) is 3.54. The van der Waals surface area contributed by atoms with Crippen LogP contribution in [0.15, 0.2) is 18.2 Å². The van der Waals surface area contributed by atoms with E-state index in [4.69, 9.17) is 10.2 Å². The van der Waals surface area contributed by atoms with Gasteiger partial charge >= 0.3 is 0 Å². The number of nitrogens with zero attached hydrogens (tertiary/aromatic N) is 1. The molecule has 1 aromatic carbocycles. The standard InChI is InChI=1S/C11H16FNO2/c1-8(6-14)13(2)11-5-3-4-10(12)9(11)7-15/h3-5,8,14-15H,6-7H2,1-2H3. The lowest BCUT2D eigenvalue weighted by atomic mass is 10.1. The van der Waals surface area contributed by atoms with Gasteiger partial charge in [-0.3, -0.25) is 0 Å². The fourth-order valence-corrected chi connectivity index (χ4v) is 1.39. The van der Waals surface area contributed by atoms with E-state index in [9.17, 15) is 4.39 Å². The van der Waals surface area contributed by atoms with Gasteiger partial charge in [0.25, 0.3) is 0 Å². The first-order chi connectivity index (χ1) is 7.11. The summed E-state index contributed by atoms with van der Waals surface area (Å²) < 4.78 is 13.3. The van der Waals surface area contributed by atoms with E-state index in [0.717, 1.165) is 0 Å². The van der Waals surface area contributed by atoms with Gasteiger partial charge in [-0.2, -0.15) is 0 Å². The predicted molar refractivity (Wildman–Crippen MR) is 57.3 cm³/mol. The van der Waals surface area contributed by atoms with Crippen LogP contribution in [0.2, 0.25) is 0 Å². The van der Waals surface area contributed by atoms with Crippen LogP contribution >= 0.6 is 0 Å². The highest BCUT2D eigenvalue weighted by atomic mass is 19.1. The summed E-state index contributed by atoms with van der Waals surface area (Å²) in [5, 5.41) is 18.1. The molecule has 84 valence electrons. The van der Waals surface area contributed by atoms with Crippen molar-refractivity contribution in [3.63, 3.8) is 0 Å². The van der Waals surface area contributed by atoms with E-state index >= 15 is 0 Å². The summed E-state index contributed by atoms with van der Waals surface area (Å²) in [5.41, 5.74) is 0.874. The topological polar surface area (TPSA) is 43.7 Å². The lowest BCUT2D eigenvalue weighted by Gasteiger charge is -2.27. The van der Waals surface area contributed by atoms with Crippen LogP contribution in [0, 0.1) is 5.82 Å². The second-order valence-corrected chi connectivity index (χ2v) is 3.54. The van der Waals surface area contributed by atoms with Crippen molar-refractivity contribution in [1.29, 1.82) is 0 Å². The maximum Gasteiger partial charge on any atom is 0.130 e. The molecule has 15 heavy (non-hydrogen) atoms. The molecule has 0 aromatic heterocycles. The van der Waals surface area contributed by atoms with Gasteiger partial charge in [-0.15, -0.1) is 0 Å². The molecule has 1 rings (SSSR count). The zero-order valence-electron chi connectivity index (χ0n) is 8.94. The molecule has 4 heteroatoms. The largest absolute Gasteiger partial charge is 0.394 e. The molecule has 1 atom stereocenters. The van der Waals surface area contributed by atoms with Gasteiger partial charge in [0, 0.05) is 24.3 Å². The molecule has 0 fully saturated rings. The number of anilines is 1. The van der Waals surface area contributed by atoms with E-state index in [0.29, 0.717) is 5.69 Å². The van der Waals surface area contributed by atoms with E-state index < -0.39 is 5.82 Å². The van der Waals surface area contributed by atoms with Crippen LogP contribution in [-0.4, -0.2) is 29.9 Å². The predicted octanol–water partition coefficient (Wildman–Crippen LogP) is 1.14. The van der Waals surface area contributed by atoms with E-state index in [1.54, 1.807) is 24.1 Å². The average molecular weight is 213 g/mol. The van der Waals surface area contributed by atoms with Crippen LogP contribution in [0.5, 0.6) is 0 Å². The fourth-order valence-electron chi connectivity index (χ4n) is 1.39. The summed E-state index contributed by atoms with van der Waals surface area (Å²) in [6.45, 7) is 1.47. The molecular formula is C11H16FNO2. The zero-order chi connectivity index (χ0) is 11.4. The molecule has 0 saturated heterocycles. The van der Waals surface area contributed by atoms with Crippen molar-refractivity contribution in [2.24, 2.45) is 0 Å². The van der Waals surface area contributed by atoms with Crippen LogP contribution in [0.4, 0.5) is 10.1 Å². The zero-order valence-corrected chi connectivity index (χ0v) is 8.94. The quantitative estimate of drug-likeness (QED) is 0.788. The fraction of sp³-hybridized carbons (Fsp3) is 0.455. The number of hydrogen-bond acceptors (Lipinski definition) is 3. The van der Waals surface area contributed by atoms with Gasteiger partial charge in [0.2, 0.25) is 0 Å². The maximum atomic E-state index is 13.3. The van der Waals surface area contributed by atoms with Crippen LogP contribution in [0.3, 0.4) is 0 Å². The Morgan fingerprint density at radius 1 is 1.40 bits per heavy atom. The van der Waals surface area contributed by atoms with E-state index in [-0.39, 0.29) is 24.8 Å². The molecule has 0 radical (unpaired) electrons. The monoisotopic (exact) mass is 213 g/mol. The van der Waals surface area contributed by atoms with Gasteiger partial charge in [0.15, 0.2) is 0 Å². The third-order valence-corrected chi connectivity index (χ3v) is 2.56. The minimum atomic E-state index is -0.424. The van der Waals surface area contributed by atoms with Crippen molar-refractivity contribution in [3.05, 3.63) is 29.6 Å². The molecule has 3 nitrogen and oxygen atoms in total. The summed E-state index contributed by atoms with van der Waals surface area (Å²) in [6.07, 6.45) is 0. The molecule has 0 amide bonds. The molecule has 1 aromatic rings. The Bertz CT molecular complexity index is 330. The van der Waals surface area contributed by atoms with Crippen LogP contribution in [-0.2, 0) is 6.61 Å². The molecule has 0 saturated carbocycles. The van der Waals surface area contributed by atoms with Crippen LogP contribution in [0.25, 0.3) is 0 Å². The summed E-state index contributed by atoms with van der Waals surface area (Å²) in [7, 11) is 1.76. The summed E-state index contributed by atoms with van der Waals surface area (Å²) in [5.74, 6) is -0.424. The lowest BCUT2D eigenvalue weighted by molar-refractivity contribution is 0.265. The normalized spacial score (nSPS) is 12.6. The lowest BCUT2D eigenvalue weighted by Crippen LogP contribution is -2.32. The summed E-state index contributed by atoms with van der Waals surface area (Å²) in [6, 6.07) is 4.51. The Morgan fingerprint density at radius 2 is 2.07 bits per heavy atom. The van der Waals surface area contributed by atoms with E-state index in [1.807, 2.05) is 6.92 Å².